The minimum absolute atomic E-state index is 0.378. The van der Waals surface area contributed by atoms with Crippen LogP contribution in [0.3, 0.4) is 0 Å². The number of carbonyl (C=O) groups is 1. The molecule has 0 radical (unpaired) electrons. The van der Waals surface area contributed by atoms with Crippen molar-refractivity contribution in [3.8, 4) is 11.8 Å². The van der Waals surface area contributed by atoms with Crippen LogP contribution in [-0.2, 0) is 15.0 Å². The van der Waals surface area contributed by atoms with Crippen LogP contribution in [0.2, 0.25) is 0 Å². The summed E-state index contributed by atoms with van der Waals surface area (Å²) in [6.45, 7) is 5.11. The molecule has 0 aliphatic heterocycles. The third-order valence-corrected chi connectivity index (χ3v) is 2.89. The van der Waals surface area contributed by atoms with E-state index in [1.54, 1.807) is 45.0 Å². The minimum Gasteiger partial charge on any atom is -0.443 e. The summed E-state index contributed by atoms with van der Waals surface area (Å²) in [5.41, 5.74) is 1.18. The molecule has 1 amide bonds. The maximum atomic E-state index is 12.1. The number of halogens is 1. The average Bonchev–Trinajstić information content (AvgIpc) is 2.41. The second-order valence-corrected chi connectivity index (χ2v) is 6.49. The maximum absolute atomic E-state index is 12.1. The quantitative estimate of drug-likeness (QED) is 0.446. The Morgan fingerprint density at radius 1 is 1.32 bits per heavy atom. The molecular formula is C15H16BrNO4S. The molecule has 0 saturated heterocycles. The molecule has 0 aliphatic rings. The zero-order valence-electron chi connectivity index (χ0n) is 12.5. The van der Waals surface area contributed by atoms with Crippen molar-refractivity contribution >= 4 is 43.5 Å². The highest BCUT2D eigenvalue weighted by atomic mass is 79.9. The van der Waals surface area contributed by atoms with Crippen molar-refractivity contribution in [3.63, 3.8) is 0 Å². The summed E-state index contributed by atoms with van der Waals surface area (Å²) in [7, 11) is -2.54. The molecule has 22 heavy (non-hydrogen) atoms. The lowest BCUT2D eigenvalue weighted by atomic mass is 10.2. The molecule has 0 N–H and O–H groups in total. The van der Waals surface area contributed by atoms with Crippen molar-refractivity contribution in [2.75, 3.05) is 10.2 Å². The van der Waals surface area contributed by atoms with Gasteiger partial charge >= 0.3 is 6.09 Å². The number of amides is 1. The Morgan fingerprint density at radius 2 is 1.91 bits per heavy atom. The van der Waals surface area contributed by atoms with Crippen LogP contribution in [0, 0.1) is 11.8 Å². The van der Waals surface area contributed by atoms with Gasteiger partial charge in [0, 0.05) is 5.56 Å². The predicted molar refractivity (Wildman–Crippen MR) is 90.8 cm³/mol. The fourth-order valence-corrected chi connectivity index (χ4v) is 1.97. The number of ether oxygens (including phenoxy) is 1. The van der Waals surface area contributed by atoms with Gasteiger partial charge in [0.1, 0.15) is 11.1 Å². The number of nitrogens with zero attached hydrogens (tertiary/aromatic N) is 1. The van der Waals surface area contributed by atoms with E-state index in [4.69, 9.17) is 4.74 Å². The number of hydrogen-bond donors (Lipinski definition) is 0. The van der Waals surface area contributed by atoms with E-state index >= 15 is 0 Å². The Kier molecular flexibility index (Phi) is 6.65. The zero-order valence-corrected chi connectivity index (χ0v) is 14.9. The summed E-state index contributed by atoms with van der Waals surface area (Å²) in [6, 6.07) is 6.60. The second kappa shape index (κ2) is 8.01. The molecular weight excluding hydrogens is 370 g/mol. The van der Waals surface area contributed by atoms with Crippen LogP contribution in [0.5, 0.6) is 0 Å². The molecule has 1 rings (SSSR count). The first-order valence-corrected chi connectivity index (χ1v) is 8.59. The highest BCUT2D eigenvalue weighted by Gasteiger charge is 2.22. The molecule has 0 bridgehead atoms. The Morgan fingerprint density at radius 3 is 2.36 bits per heavy atom. The highest BCUT2D eigenvalue weighted by Crippen LogP contribution is 2.17. The number of carbonyl (C=O) groups excluding carboxylic acids is 1. The second-order valence-electron chi connectivity index (χ2n) is 5.20. The summed E-state index contributed by atoms with van der Waals surface area (Å²) >= 11 is 3.20. The summed E-state index contributed by atoms with van der Waals surface area (Å²) < 4.78 is 27.1. The van der Waals surface area contributed by atoms with Gasteiger partial charge in [-0.05, 0) is 45.0 Å². The molecule has 7 heteroatoms. The Bertz CT molecular complexity index is 714. The van der Waals surface area contributed by atoms with Gasteiger partial charge in [0.05, 0.1) is 11.0 Å². The van der Waals surface area contributed by atoms with Gasteiger partial charge in [0.2, 0.25) is 10.3 Å². The number of alkyl halides is 1. The van der Waals surface area contributed by atoms with Crippen molar-refractivity contribution in [2.45, 2.75) is 26.4 Å². The maximum Gasteiger partial charge on any atom is 0.419 e. The fourth-order valence-electron chi connectivity index (χ4n) is 1.45. The highest BCUT2D eigenvalue weighted by molar-refractivity contribution is 9.09. The monoisotopic (exact) mass is 385 g/mol. The normalized spacial score (nSPS) is 10.2. The van der Waals surface area contributed by atoms with Gasteiger partial charge in [-0.2, -0.15) is 8.42 Å². The van der Waals surface area contributed by atoms with Gasteiger partial charge < -0.3 is 4.74 Å². The first-order valence-electron chi connectivity index (χ1n) is 6.33. The SMILES string of the molecule is CC(C)(C)OC(=O)N(C=S(=O)=O)c1ccc(C#CCBr)cc1. The molecule has 0 atom stereocenters. The van der Waals surface area contributed by atoms with Crippen molar-refractivity contribution in [1.29, 1.82) is 0 Å². The Balaban J connectivity index is 3.12. The van der Waals surface area contributed by atoms with Gasteiger partial charge in [-0.15, -0.1) is 0 Å². The van der Waals surface area contributed by atoms with Crippen LogP contribution < -0.4 is 4.90 Å². The average molecular weight is 386 g/mol. The Hall–Kier alpha value is -1.78. The molecule has 0 fully saturated rings. The largest absolute Gasteiger partial charge is 0.443 e. The molecule has 118 valence electrons. The summed E-state index contributed by atoms with van der Waals surface area (Å²) in [6.07, 6.45) is -0.768. The summed E-state index contributed by atoms with van der Waals surface area (Å²) in [4.78, 5) is 13.1. The summed E-state index contributed by atoms with van der Waals surface area (Å²) in [5.74, 6) is 5.76. The molecule has 1 aromatic carbocycles. The van der Waals surface area contributed by atoms with Crippen LogP contribution in [0.1, 0.15) is 26.3 Å². The van der Waals surface area contributed by atoms with Gasteiger partial charge in [0.15, 0.2) is 0 Å². The van der Waals surface area contributed by atoms with E-state index in [9.17, 15) is 13.2 Å². The Labute approximate surface area is 139 Å². The number of hydrogen-bond acceptors (Lipinski definition) is 4. The first-order chi connectivity index (χ1) is 10.2. The van der Waals surface area contributed by atoms with E-state index in [0.29, 0.717) is 11.0 Å². The van der Waals surface area contributed by atoms with Crippen LogP contribution in [0.15, 0.2) is 24.3 Å². The number of rotatable bonds is 2. The van der Waals surface area contributed by atoms with Gasteiger partial charge in [-0.25, -0.2) is 9.69 Å². The molecule has 0 aliphatic carbocycles. The minimum atomic E-state index is -2.54. The van der Waals surface area contributed by atoms with E-state index in [2.05, 4.69) is 27.8 Å². The van der Waals surface area contributed by atoms with E-state index in [-0.39, 0.29) is 0 Å². The molecule has 0 aromatic heterocycles. The van der Waals surface area contributed by atoms with Crippen LogP contribution in [0.25, 0.3) is 0 Å². The third kappa shape index (κ3) is 6.33. The van der Waals surface area contributed by atoms with E-state index < -0.39 is 22.0 Å². The summed E-state index contributed by atoms with van der Waals surface area (Å²) in [5, 5.41) is 0.557. The van der Waals surface area contributed by atoms with Crippen LogP contribution in [0.4, 0.5) is 10.5 Å². The van der Waals surface area contributed by atoms with Crippen LogP contribution in [-0.4, -0.2) is 30.9 Å². The van der Waals surface area contributed by atoms with Gasteiger partial charge in [-0.3, -0.25) is 0 Å². The van der Waals surface area contributed by atoms with Crippen molar-refractivity contribution < 1.29 is 17.9 Å². The molecule has 1 aromatic rings. The van der Waals surface area contributed by atoms with Crippen LogP contribution >= 0.6 is 15.9 Å². The number of benzene rings is 1. The van der Waals surface area contributed by atoms with E-state index in [0.717, 1.165) is 16.0 Å². The molecule has 0 unspecified atom stereocenters. The zero-order chi connectivity index (χ0) is 16.8. The number of anilines is 1. The third-order valence-electron chi connectivity index (χ3n) is 2.23. The van der Waals surface area contributed by atoms with Crippen molar-refractivity contribution in [1.82, 2.24) is 0 Å². The van der Waals surface area contributed by atoms with Crippen molar-refractivity contribution in [3.05, 3.63) is 29.8 Å². The van der Waals surface area contributed by atoms with Crippen molar-refractivity contribution in [2.24, 2.45) is 0 Å². The van der Waals surface area contributed by atoms with E-state index in [1.807, 2.05) is 0 Å². The molecule has 0 heterocycles. The van der Waals surface area contributed by atoms with Gasteiger partial charge in [0.25, 0.3) is 0 Å². The topological polar surface area (TPSA) is 63.7 Å². The first kappa shape index (κ1) is 18.3. The predicted octanol–water partition coefficient (Wildman–Crippen LogP) is 2.81. The van der Waals surface area contributed by atoms with Gasteiger partial charge in [-0.1, -0.05) is 27.8 Å². The lowest BCUT2D eigenvalue weighted by Crippen LogP contribution is -2.36. The molecule has 5 nitrogen and oxygen atoms in total. The molecule has 0 saturated carbocycles. The standard InChI is InChI=1S/C15H16BrNO4S/c1-15(2,3)21-14(18)17(11-22(19)20)13-8-6-12(7-9-13)5-4-10-16/h6-9,11H,10H2,1-3H3. The lowest BCUT2D eigenvalue weighted by Gasteiger charge is -2.24. The molecule has 0 spiro atoms. The fraction of sp³-hybridized carbons (Fsp3) is 0.333. The smallest absolute Gasteiger partial charge is 0.419 e. The lowest BCUT2D eigenvalue weighted by molar-refractivity contribution is 0.0606. The van der Waals surface area contributed by atoms with E-state index in [1.165, 1.54) is 0 Å².